The molecule has 2 saturated carbocycles. The van der Waals surface area contributed by atoms with E-state index in [0.717, 1.165) is 31.1 Å². The van der Waals surface area contributed by atoms with Gasteiger partial charge in [-0.15, -0.1) is 11.3 Å². The van der Waals surface area contributed by atoms with E-state index in [9.17, 15) is 18.0 Å². The number of aromatic nitrogens is 1. The molecule has 0 bridgehead atoms. The van der Waals surface area contributed by atoms with Gasteiger partial charge in [0.25, 0.3) is 0 Å². The van der Waals surface area contributed by atoms with Crippen molar-refractivity contribution in [2.45, 2.75) is 51.4 Å². The number of hydrogen-bond acceptors (Lipinski definition) is 5. The normalized spacial score (nSPS) is 27.2. The third kappa shape index (κ3) is 5.19. The number of thiazole rings is 1. The Hall–Kier alpha value is -1.68. The first-order valence-electron chi connectivity index (χ1n) is 8.83. The van der Waals surface area contributed by atoms with E-state index < -0.39 is 12.1 Å². The van der Waals surface area contributed by atoms with Crippen LogP contribution < -0.4 is 5.32 Å². The Labute approximate surface area is 158 Å². The van der Waals surface area contributed by atoms with E-state index in [-0.39, 0.29) is 5.92 Å². The number of carboxylic acid groups (broad SMARTS) is 1. The molecule has 1 aromatic heterocycles. The fourth-order valence-corrected chi connectivity index (χ4v) is 4.13. The van der Waals surface area contributed by atoms with Crippen molar-refractivity contribution in [3.05, 3.63) is 16.1 Å². The molecule has 0 radical (unpaired) electrons. The van der Waals surface area contributed by atoms with Gasteiger partial charge in [0.2, 0.25) is 5.91 Å². The second-order valence-corrected chi connectivity index (χ2v) is 8.59. The first-order chi connectivity index (χ1) is 12.6. The highest BCUT2D eigenvalue weighted by Gasteiger charge is 2.60. The van der Waals surface area contributed by atoms with E-state index >= 15 is 0 Å². The summed E-state index contributed by atoms with van der Waals surface area (Å²) in [5.74, 6) is -2.16. The molecule has 1 amide bonds. The molecule has 3 fully saturated rings. The van der Waals surface area contributed by atoms with Crippen molar-refractivity contribution in [2.24, 2.45) is 11.3 Å². The number of aryl methyl sites for hydroxylation is 1. The SMILES string of the molecule is Cc1nc(CN2CCC3(CC3C(=O)NC3CC3)C2)cs1.O=C(O)C(F)(F)F. The van der Waals surface area contributed by atoms with Crippen LogP contribution in [0.3, 0.4) is 0 Å². The topological polar surface area (TPSA) is 82.5 Å². The van der Waals surface area contributed by atoms with Crippen molar-refractivity contribution < 1.29 is 27.9 Å². The van der Waals surface area contributed by atoms with Crippen molar-refractivity contribution >= 4 is 23.2 Å². The molecule has 1 saturated heterocycles. The molecule has 6 nitrogen and oxygen atoms in total. The minimum Gasteiger partial charge on any atom is -0.475 e. The van der Waals surface area contributed by atoms with Crippen LogP contribution in [0.15, 0.2) is 5.38 Å². The van der Waals surface area contributed by atoms with Crippen LogP contribution in [0.25, 0.3) is 0 Å². The molecule has 2 N–H and O–H groups in total. The van der Waals surface area contributed by atoms with Crippen LogP contribution in [0, 0.1) is 18.3 Å². The fraction of sp³-hybridized carbons (Fsp3) is 0.706. The van der Waals surface area contributed by atoms with Gasteiger partial charge in [0.15, 0.2) is 0 Å². The summed E-state index contributed by atoms with van der Waals surface area (Å²) >= 11 is 1.72. The Bertz CT molecular complexity index is 720. The number of rotatable bonds is 4. The number of carboxylic acids is 1. The second-order valence-electron chi connectivity index (χ2n) is 7.52. The van der Waals surface area contributed by atoms with Gasteiger partial charge in [0.1, 0.15) is 0 Å². The predicted octanol–water partition coefficient (Wildman–Crippen LogP) is 2.58. The van der Waals surface area contributed by atoms with Gasteiger partial charge >= 0.3 is 12.1 Å². The van der Waals surface area contributed by atoms with Gasteiger partial charge < -0.3 is 10.4 Å². The van der Waals surface area contributed by atoms with Crippen molar-refractivity contribution in [3.63, 3.8) is 0 Å². The Balaban J connectivity index is 0.000000260. The summed E-state index contributed by atoms with van der Waals surface area (Å²) in [7, 11) is 0. The number of nitrogens with one attached hydrogen (secondary N) is 1. The molecular weight excluding hydrogens is 383 g/mol. The highest BCUT2D eigenvalue weighted by molar-refractivity contribution is 7.09. The number of likely N-dealkylation sites (tertiary alicyclic amines) is 1. The summed E-state index contributed by atoms with van der Waals surface area (Å²) in [5, 5.41) is 13.6. The van der Waals surface area contributed by atoms with Crippen LogP contribution >= 0.6 is 11.3 Å². The lowest BCUT2D eigenvalue weighted by Crippen LogP contribution is -2.30. The molecule has 10 heteroatoms. The molecule has 0 aromatic carbocycles. The van der Waals surface area contributed by atoms with Crippen molar-refractivity contribution in [3.8, 4) is 0 Å². The monoisotopic (exact) mass is 405 g/mol. The molecular formula is C17H22F3N3O3S. The summed E-state index contributed by atoms with van der Waals surface area (Å²) in [6.07, 6.45) is -0.446. The van der Waals surface area contributed by atoms with E-state index in [0.29, 0.717) is 17.4 Å². The summed E-state index contributed by atoms with van der Waals surface area (Å²) < 4.78 is 31.7. The first-order valence-corrected chi connectivity index (χ1v) is 9.71. The van der Waals surface area contributed by atoms with Crippen LogP contribution in [0.4, 0.5) is 13.2 Å². The van der Waals surface area contributed by atoms with E-state index in [1.807, 2.05) is 0 Å². The maximum Gasteiger partial charge on any atom is 0.490 e. The molecule has 1 spiro atoms. The minimum absolute atomic E-state index is 0.283. The summed E-state index contributed by atoms with van der Waals surface area (Å²) in [6, 6.07) is 0.496. The Morgan fingerprint density at radius 2 is 2.11 bits per heavy atom. The van der Waals surface area contributed by atoms with Crippen LogP contribution in [0.2, 0.25) is 0 Å². The smallest absolute Gasteiger partial charge is 0.475 e. The number of halogens is 3. The molecule has 3 aliphatic rings. The zero-order chi connectivity index (χ0) is 19.8. The van der Waals surface area contributed by atoms with Crippen molar-refractivity contribution in [1.82, 2.24) is 15.2 Å². The van der Waals surface area contributed by atoms with E-state index in [1.165, 1.54) is 25.0 Å². The number of aliphatic carboxylic acids is 1. The Morgan fingerprint density at radius 1 is 1.44 bits per heavy atom. The quantitative estimate of drug-likeness (QED) is 0.805. The highest BCUT2D eigenvalue weighted by Crippen LogP contribution is 2.58. The van der Waals surface area contributed by atoms with Crippen LogP contribution in [-0.4, -0.2) is 52.2 Å². The lowest BCUT2D eigenvalue weighted by molar-refractivity contribution is -0.192. The van der Waals surface area contributed by atoms with Gasteiger partial charge in [0, 0.05) is 30.4 Å². The third-order valence-electron chi connectivity index (χ3n) is 5.19. The molecule has 2 atom stereocenters. The Morgan fingerprint density at radius 3 is 2.63 bits per heavy atom. The predicted molar refractivity (Wildman–Crippen MR) is 92.1 cm³/mol. The average molecular weight is 405 g/mol. The minimum atomic E-state index is -5.08. The van der Waals surface area contributed by atoms with E-state index in [4.69, 9.17) is 9.90 Å². The van der Waals surface area contributed by atoms with Crippen molar-refractivity contribution in [1.29, 1.82) is 0 Å². The number of amides is 1. The van der Waals surface area contributed by atoms with Crippen LogP contribution in [-0.2, 0) is 16.1 Å². The van der Waals surface area contributed by atoms with E-state index in [1.54, 1.807) is 11.3 Å². The zero-order valence-corrected chi connectivity index (χ0v) is 15.7. The Kier molecular flexibility index (Phi) is 5.49. The van der Waals surface area contributed by atoms with Gasteiger partial charge in [-0.25, -0.2) is 9.78 Å². The molecule has 4 rings (SSSR count). The molecule has 1 aliphatic heterocycles. The second kappa shape index (κ2) is 7.38. The molecule has 1 aromatic rings. The maximum absolute atomic E-state index is 12.1. The summed E-state index contributed by atoms with van der Waals surface area (Å²) in [5.41, 5.74) is 1.48. The average Bonchev–Trinajstić information content (AvgIpc) is 3.41. The van der Waals surface area contributed by atoms with Gasteiger partial charge in [-0.1, -0.05) is 0 Å². The number of carbonyl (C=O) groups is 2. The first kappa shape index (κ1) is 20.1. The largest absolute Gasteiger partial charge is 0.490 e. The van der Waals surface area contributed by atoms with Gasteiger partial charge in [-0.2, -0.15) is 13.2 Å². The lowest BCUT2D eigenvalue weighted by atomic mass is 10.0. The van der Waals surface area contributed by atoms with Gasteiger partial charge in [-0.05, 0) is 44.6 Å². The summed E-state index contributed by atoms with van der Waals surface area (Å²) in [6.45, 7) is 5.19. The van der Waals surface area contributed by atoms with Gasteiger partial charge in [-0.3, -0.25) is 9.69 Å². The van der Waals surface area contributed by atoms with Crippen molar-refractivity contribution in [2.75, 3.05) is 13.1 Å². The van der Waals surface area contributed by atoms with Crippen LogP contribution in [0.1, 0.15) is 36.4 Å². The highest BCUT2D eigenvalue weighted by atomic mass is 32.1. The molecule has 150 valence electrons. The number of alkyl halides is 3. The molecule has 2 heterocycles. The molecule has 2 aliphatic carbocycles. The fourth-order valence-electron chi connectivity index (χ4n) is 3.53. The van der Waals surface area contributed by atoms with Gasteiger partial charge in [0.05, 0.1) is 10.7 Å². The lowest BCUT2D eigenvalue weighted by Gasteiger charge is -2.14. The molecule has 2 unspecified atom stereocenters. The third-order valence-corrected chi connectivity index (χ3v) is 6.01. The maximum atomic E-state index is 12.1. The number of nitrogens with zero attached hydrogens (tertiary/aromatic N) is 2. The zero-order valence-electron chi connectivity index (χ0n) is 14.9. The summed E-state index contributed by atoms with van der Waals surface area (Å²) in [4.78, 5) is 28.1. The standard InChI is InChI=1S/C15H21N3OS.C2HF3O2/c1-10-16-12(8-20-10)7-18-5-4-15(9-18)6-13(15)14(19)17-11-2-3-11;3-2(4,5)1(6)7/h8,11,13H,2-7,9H2,1H3,(H,17,19);(H,6,7). The van der Waals surface area contributed by atoms with E-state index in [2.05, 4.69) is 27.5 Å². The van der Waals surface area contributed by atoms with Crippen LogP contribution in [0.5, 0.6) is 0 Å². The molecule has 27 heavy (non-hydrogen) atoms. The number of hydrogen-bond donors (Lipinski definition) is 2. The number of carbonyl (C=O) groups excluding carboxylic acids is 1.